The Balaban J connectivity index is 1.84. The summed E-state index contributed by atoms with van der Waals surface area (Å²) in [7, 11) is 0. The number of carbonyl (C=O) groups excluding carboxylic acids is 1. The zero-order chi connectivity index (χ0) is 21.1. The van der Waals surface area contributed by atoms with Crippen LogP contribution in [0.2, 0.25) is 0 Å². The molecule has 0 aromatic heterocycles. The van der Waals surface area contributed by atoms with E-state index < -0.39 is 17.9 Å². The number of carboxylic acids is 1. The average molecular weight is 401 g/mol. The summed E-state index contributed by atoms with van der Waals surface area (Å²) in [6.45, 7) is 2.79. The fourth-order valence-corrected chi connectivity index (χ4v) is 4.11. The van der Waals surface area contributed by atoms with Gasteiger partial charge in [0.05, 0.1) is 12.6 Å². The standard InChI is InChI=1S/C25H23NO4/c1-2-30-19-14-12-18(13-15-19)23-22(25(28)29)20-10-6-7-11-21(20)24(27)26(23)16-17-8-4-3-5-9-17/h3-15,22-23H,2,16H2,1H3,(H,28,29)/t22-,23-/m1/s1. The van der Waals surface area contributed by atoms with Crippen molar-refractivity contribution in [1.29, 1.82) is 0 Å². The number of carbonyl (C=O) groups is 2. The lowest BCUT2D eigenvalue weighted by Crippen LogP contribution is -2.44. The fraction of sp³-hybridized carbons (Fsp3) is 0.200. The minimum Gasteiger partial charge on any atom is -0.494 e. The quantitative estimate of drug-likeness (QED) is 0.653. The Morgan fingerprint density at radius 2 is 1.63 bits per heavy atom. The molecule has 1 heterocycles. The number of hydrogen-bond donors (Lipinski definition) is 1. The molecule has 30 heavy (non-hydrogen) atoms. The van der Waals surface area contributed by atoms with Crippen LogP contribution in [0.3, 0.4) is 0 Å². The lowest BCUT2D eigenvalue weighted by atomic mass is 9.79. The van der Waals surface area contributed by atoms with Gasteiger partial charge in [0.25, 0.3) is 5.91 Å². The van der Waals surface area contributed by atoms with Crippen molar-refractivity contribution in [2.75, 3.05) is 6.61 Å². The van der Waals surface area contributed by atoms with Crippen LogP contribution >= 0.6 is 0 Å². The third kappa shape index (κ3) is 3.66. The van der Waals surface area contributed by atoms with E-state index in [0.717, 1.165) is 11.1 Å². The van der Waals surface area contributed by atoms with Gasteiger partial charge in [-0.05, 0) is 41.8 Å². The van der Waals surface area contributed by atoms with Crippen LogP contribution < -0.4 is 4.74 Å². The van der Waals surface area contributed by atoms with Crippen molar-refractivity contribution in [2.24, 2.45) is 0 Å². The summed E-state index contributed by atoms with van der Waals surface area (Å²) in [6.07, 6.45) is 0. The topological polar surface area (TPSA) is 66.8 Å². The molecule has 1 aliphatic heterocycles. The number of hydrogen-bond acceptors (Lipinski definition) is 3. The number of benzene rings is 3. The van der Waals surface area contributed by atoms with E-state index in [1.807, 2.05) is 61.5 Å². The van der Waals surface area contributed by atoms with E-state index in [9.17, 15) is 14.7 Å². The number of rotatable bonds is 6. The molecule has 0 spiro atoms. The normalized spacial score (nSPS) is 18.0. The highest BCUT2D eigenvalue weighted by Crippen LogP contribution is 2.43. The molecule has 0 saturated carbocycles. The second kappa shape index (κ2) is 8.41. The summed E-state index contributed by atoms with van der Waals surface area (Å²) >= 11 is 0. The van der Waals surface area contributed by atoms with Crippen LogP contribution in [0.25, 0.3) is 0 Å². The van der Waals surface area contributed by atoms with Crippen molar-refractivity contribution in [1.82, 2.24) is 4.90 Å². The van der Waals surface area contributed by atoms with Crippen LogP contribution in [-0.4, -0.2) is 28.5 Å². The largest absolute Gasteiger partial charge is 0.494 e. The third-order valence-electron chi connectivity index (χ3n) is 5.43. The van der Waals surface area contributed by atoms with Gasteiger partial charge in [0.2, 0.25) is 0 Å². The van der Waals surface area contributed by atoms with Gasteiger partial charge in [0.15, 0.2) is 0 Å². The smallest absolute Gasteiger partial charge is 0.313 e. The zero-order valence-corrected chi connectivity index (χ0v) is 16.7. The van der Waals surface area contributed by atoms with Gasteiger partial charge in [-0.2, -0.15) is 0 Å². The molecule has 1 aliphatic rings. The van der Waals surface area contributed by atoms with E-state index in [-0.39, 0.29) is 5.91 Å². The number of ether oxygens (including phenoxy) is 1. The Labute approximate surface area is 175 Å². The summed E-state index contributed by atoms with van der Waals surface area (Å²) in [5, 5.41) is 10.2. The molecule has 2 atom stereocenters. The molecule has 5 nitrogen and oxygen atoms in total. The summed E-state index contributed by atoms with van der Waals surface area (Å²) in [4.78, 5) is 27.5. The molecule has 3 aromatic rings. The fourth-order valence-electron chi connectivity index (χ4n) is 4.11. The number of fused-ring (bicyclic) bond motifs is 1. The van der Waals surface area contributed by atoms with E-state index >= 15 is 0 Å². The number of carboxylic acid groups (broad SMARTS) is 1. The van der Waals surface area contributed by atoms with Gasteiger partial charge in [-0.3, -0.25) is 9.59 Å². The van der Waals surface area contributed by atoms with Crippen LogP contribution in [0.5, 0.6) is 5.75 Å². The molecule has 5 heteroatoms. The first-order valence-electron chi connectivity index (χ1n) is 9.99. The molecule has 0 saturated heterocycles. The van der Waals surface area contributed by atoms with E-state index in [4.69, 9.17) is 4.74 Å². The third-order valence-corrected chi connectivity index (χ3v) is 5.43. The maximum Gasteiger partial charge on any atom is 0.313 e. The van der Waals surface area contributed by atoms with Crippen molar-refractivity contribution < 1.29 is 19.4 Å². The minimum absolute atomic E-state index is 0.161. The molecule has 0 bridgehead atoms. The van der Waals surface area contributed by atoms with E-state index in [1.165, 1.54) is 0 Å². The molecular formula is C25H23NO4. The van der Waals surface area contributed by atoms with Gasteiger partial charge in [-0.15, -0.1) is 0 Å². The van der Waals surface area contributed by atoms with Gasteiger partial charge in [-0.25, -0.2) is 0 Å². The molecule has 0 radical (unpaired) electrons. The minimum atomic E-state index is -0.952. The SMILES string of the molecule is CCOc1ccc([C@@H]2[C@H](C(=O)O)c3ccccc3C(=O)N2Cc2ccccc2)cc1. The Bertz CT molecular complexity index is 1050. The first-order chi connectivity index (χ1) is 14.6. The predicted molar refractivity (Wildman–Crippen MR) is 113 cm³/mol. The van der Waals surface area contributed by atoms with E-state index in [2.05, 4.69) is 0 Å². The first kappa shape index (κ1) is 19.7. The van der Waals surface area contributed by atoms with Gasteiger partial charge in [0.1, 0.15) is 11.7 Å². The molecular weight excluding hydrogens is 378 g/mol. The molecule has 4 rings (SSSR count). The second-order valence-corrected chi connectivity index (χ2v) is 7.27. The van der Waals surface area contributed by atoms with Crippen LogP contribution in [0.1, 0.15) is 45.9 Å². The molecule has 152 valence electrons. The summed E-state index contributed by atoms with van der Waals surface area (Å²) in [5.74, 6) is -1.26. The summed E-state index contributed by atoms with van der Waals surface area (Å²) in [6, 6.07) is 23.4. The zero-order valence-electron chi connectivity index (χ0n) is 16.7. The van der Waals surface area contributed by atoms with Gasteiger partial charge < -0.3 is 14.7 Å². The van der Waals surface area contributed by atoms with E-state index in [1.54, 1.807) is 29.2 Å². The van der Waals surface area contributed by atoms with Crippen LogP contribution in [-0.2, 0) is 11.3 Å². The monoisotopic (exact) mass is 401 g/mol. The number of amides is 1. The lowest BCUT2D eigenvalue weighted by Gasteiger charge is -2.41. The van der Waals surface area contributed by atoms with Gasteiger partial charge >= 0.3 is 5.97 Å². The highest BCUT2D eigenvalue weighted by Gasteiger charge is 2.44. The molecule has 3 aromatic carbocycles. The van der Waals surface area contributed by atoms with Crippen molar-refractivity contribution in [3.8, 4) is 5.75 Å². The second-order valence-electron chi connectivity index (χ2n) is 7.27. The van der Waals surface area contributed by atoms with Crippen LogP contribution in [0.4, 0.5) is 0 Å². The lowest BCUT2D eigenvalue weighted by molar-refractivity contribution is -0.140. The Kier molecular flexibility index (Phi) is 5.53. The van der Waals surface area contributed by atoms with Crippen LogP contribution in [0, 0.1) is 0 Å². The van der Waals surface area contributed by atoms with Crippen molar-refractivity contribution in [2.45, 2.75) is 25.4 Å². The van der Waals surface area contributed by atoms with E-state index in [0.29, 0.717) is 30.0 Å². The predicted octanol–water partition coefficient (Wildman–Crippen LogP) is 4.65. The number of aliphatic carboxylic acids is 1. The van der Waals surface area contributed by atoms with Gasteiger partial charge in [0, 0.05) is 12.1 Å². The summed E-state index contributed by atoms with van der Waals surface area (Å²) in [5.41, 5.74) is 2.72. The molecule has 0 fully saturated rings. The number of nitrogens with zero attached hydrogens (tertiary/aromatic N) is 1. The summed E-state index contributed by atoms with van der Waals surface area (Å²) < 4.78 is 5.53. The Morgan fingerprint density at radius 1 is 0.967 bits per heavy atom. The van der Waals surface area contributed by atoms with Crippen molar-refractivity contribution in [3.05, 3.63) is 101 Å². The molecule has 0 unspecified atom stereocenters. The highest BCUT2D eigenvalue weighted by molar-refractivity contribution is 6.00. The molecule has 1 amide bonds. The van der Waals surface area contributed by atoms with Gasteiger partial charge in [-0.1, -0.05) is 60.7 Å². The molecule has 1 N–H and O–H groups in total. The maximum atomic E-state index is 13.5. The Morgan fingerprint density at radius 3 is 2.30 bits per heavy atom. The first-order valence-corrected chi connectivity index (χ1v) is 9.99. The van der Waals surface area contributed by atoms with Crippen molar-refractivity contribution in [3.63, 3.8) is 0 Å². The molecule has 0 aliphatic carbocycles. The Hall–Kier alpha value is -3.60. The van der Waals surface area contributed by atoms with Crippen molar-refractivity contribution >= 4 is 11.9 Å². The van der Waals surface area contributed by atoms with Crippen LogP contribution in [0.15, 0.2) is 78.9 Å². The average Bonchev–Trinajstić information content (AvgIpc) is 2.77. The maximum absolute atomic E-state index is 13.5. The highest BCUT2D eigenvalue weighted by atomic mass is 16.5.